The van der Waals surface area contributed by atoms with Crippen LogP contribution in [0.15, 0.2) is 30.9 Å². The van der Waals surface area contributed by atoms with E-state index < -0.39 is 0 Å². The first-order chi connectivity index (χ1) is 14.7. The Morgan fingerprint density at radius 3 is 2.53 bits per heavy atom. The van der Waals surface area contributed by atoms with E-state index in [4.69, 9.17) is 9.47 Å². The average Bonchev–Trinajstić information content (AvgIpc) is 3.47. The lowest BCUT2D eigenvalue weighted by atomic mass is 10.0. The minimum atomic E-state index is 0.0747. The monoisotopic (exact) mass is 414 g/mol. The van der Waals surface area contributed by atoms with Gasteiger partial charge in [0.05, 0.1) is 26.8 Å². The molecule has 1 saturated heterocycles. The molecule has 0 unspecified atom stereocenters. The summed E-state index contributed by atoms with van der Waals surface area (Å²) in [5.41, 5.74) is 1.17. The second-order valence-electron chi connectivity index (χ2n) is 8.37. The zero-order valence-electron chi connectivity index (χ0n) is 18.1. The normalized spacial score (nSPS) is 23.3. The zero-order valence-corrected chi connectivity index (χ0v) is 18.1. The summed E-state index contributed by atoms with van der Waals surface area (Å²) in [6.45, 7) is 9.31. The molecule has 0 radical (unpaired) electrons. The smallest absolute Gasteiger partial charge is 0.214 e. The van der Waals surface area contributed by atoms with E-state index in [1.807, 2.05) is 12.1 Å². The van der Waals surface area contributed by atoms with Crippen molar-refractivity contribution >= 4 is 0 Å². The number of ether oxygens (including phenoxy) is 2. The van der Waals surface area contributed by atoms with Gasteiger partial charge in [-0.3, -0.25) is 0 Å². The van der Waals surface area contributed by atoms with Gasteiger partial charge in [0.2, 0.25) is 5.82 Å². The lowest BCUT2D eigenvalue weighted by Crippen LogP contribution is -3.28. The molecule has 1 aliphatic heterocycles. The van der Waals surface area contributed by atoms with Crippen LogP contribution < -0.4 is 19.3 Å². The van der Waals surface area contributed by atoms with Crippen molar-refractivity contribution in [3.8, 4) is 11.5 Å². The maximum atomic E-state index is 5.60. The van der Waals surface area contributed by atoms with Gasteiger partial charge >= 0.3 is 0 Å². The molecule has 1 aromatic heterocycles. The topological polar surface area (TPSA) is 70.9 Å². The summed E-state index contributed by atoms with van der Waals surface area (Å²) in [5, 5.41) is 13.1. The number of benzene rings is 1. The summed E-state index contributed by atoms with van der Waals surface area (Å²) in [6.07, 6.45) is 6.84. The Morgan fingerprint density at radius 2 is 1.87 bits per heavy atom. The standard InChI is InChI=1S/C22H32N6O2/c1-4-11-26-12-14-27(15-13-26)21(17-9-10-19(29-2)20(16-17)30-3)22-23-24-25-28(22)18-7-5-6-8-18/h4,9-10,16,18,21H,1,5-8,11-15H2,2-3H3/p+2/t21-/m0/s1. The van der Waals surface area contributed by atoms with E-state index in [0.29, 0.717) is 6.04 Å². The highest BCUT2D eigenvalue weighted by Crippen LogP contribution is 2.33. The van der Waals surface area contributed by atoms with E-state index in [1.54, 1.807) is 19.1 Å². The number of rotatable bonds is 8. The number of nitrogens with zero attached hydrogens (tertiary/aromatic N) is 4. The lowest BCUT2D eigenvalue weighted by Gasteiger charge is -2.34. The summed E-state index contributed by atoms with van der Waals surface area (Å²) in [4.78, 5) is 3.10. The summed E-state index contributed by atoms with van der Waals surface area (Å²) >= 11 is 0. The van der Waals surface area contributed by atoms with Gasteiger partial charge in [0.15, 0.2) is 17.5 Å². The summed E-state index contributed by atoms with van der Waals surface area (Å²) < 4.78 is 13.2. The van der Waals surface area contributed by atoms with Gasteiger partial charge in [-0.15, -0.1) is 5.10 Å². The van der Waals surface area contributed by atoms with Crippen molar-refractivity contribution in [1.82, 2.24) is 20.2 Å². The Morgan fingerprint density at radius 1 is 1.13 bits per heavy atom. The molecule has 2 heterocycles. The molecule has 30 heavy (non-hydrogen) atoms. The van der Waals surface area contributed by atoms with Crippen molar-refractivity contribution in [2.24, 2.45) is 0 Å². The van der Waals surface area contributed by atoms with Crippen LogP contribution >= 0.6 is 0 Å². The highest BCUT2D eigenvalue weighted by molar-refractivity contribution is 5.44. The predicted molar refractivity (Wildman–Crippen MR) is 113 cm³/mol. The predicted octanol–water partition coefficient (Wildman–Crippen LogP) is -0.136. The Kier molecular flexibility index (Phi) is 6.64. The molecule has 0 amide bonds. The largest absolute Gasteiger partial charge is 0.493 e. The summed E-state index contributed by atoms with van der Waals surface area (Å²) in [6, 6.07) is 6.70. The maximum absolute atomic E-state index is 5.60. The molecule has 2 N–H and O–H groups in total. The van der Waals surface area contributed by atoms with Gasteiger partial charge in [-0.05, 0) is 47.5 Å². The summed E-state index contributed by atoms with van der Waals surface area (Å²) in [5.74, 6) is 2.46. The van der Waals surface area contributed by atoms with Crippen LogP contribution in [-0.4, -0.2) is 67.2 Å². The molecule has 0 spiro atoms. The van der Waals surface area contributed by atoms with E-state index in [0.717, 1.165) is 62.9 Å². The van der Waals surface area contributed by atoms with Crippen molar-refractivity contribution < 1.29 is 19.3 Å². The van der Waals surface area contributed by atoms with Crippen LogP contribution in [0.5, 0.6) is 11.5 Å². The third-order valence-electron chi connectivity index (χ3n) is 6.63. The van der Waals surface area contributed by atoms with Gasteiger partial charge in [-0.25, -0.2) is 4.68 Å². The number of piperazine rings is 1. The number of tetrazole rings is 1. The van der Waals surface area contributed by atoms with Gasteiger partial charge < -0.3 is 19.3 Å². The SMILES string of the molecule is C=CC[NH+]1CC[NH+]([C@@H](c2ccc(OC)c(OC)c2)c2nnnn2C2CCCC2)CC1. The third-order valence-corrected chi connectivity index (χ3v) is 6.63. The molecule has 1 atom stereocenters. The molecule has 1 aliphatic carbocycles. The molecular formula is C22H34N6O2+2. The van der Waals surface area contributed by atoms with Crippen LogP contribution in [-0.2, 0) is 0 Å². The Labute approximate surface area is 178 Å². The lowest BCUT2D eigenvalue weighted by molar-refractivity contribution is -1.02. The fourth-order valence-electron chi connectivity index (χ4n) is 5.02. The highest BCUT2D eigenvalue weighted by Gasteiger charge is 2.37. The van der Waals surface area contributed by atoms with Gasteiger partial charge in [0.25, 0.3) is 0 Å². The first-order valence-electron chi connectivity index (χ1n) is 11.0. The van der Waals surface area contributed by atoms with Crippen molar-refractivity contribution in [1.29, 1.82) is 0 Å². The Bertz CT molecular complexity index is 840. The minimum absolute atomic E-state index is 0.0747. The van der Waals surface area contributed by atoms with Gasteiger partial charge in [-0.2, -0.15) is 0 Å². The summed E-state index contributed by atoms with van der Waals surface area (Å²) in [7, 11) is 3.35. The number of aromatic nitrogens is 4. The second-order valence-corrected chi connectivity index (χ2v) is 8.37. The van der Waals surface area contributed by atoms with Crippen LogP contribution in [0.4, 0.5) is 0 Å². The number of hydrogen-bond donors (Lipinski definition) is 2. The maximum Gasteiger partial charge on any atom is 0.214 e. The molecule has 8 nitrogen and oxygen atoms in total. The van der Waals surface area contributed by atoms with Crippen LogP contribution in [0.2, 0.25) is 0 Å². The molecule has 8 heteroatoms. The molecule has 4 rings (SSSR count). The van der Waals surface area contributed by atoms with Crippen LogP contribution in [0, 0.1) is 0 Å². The van der Waals surface area contributed by atoms with Crippen molar-refractivity contribution in [3.63, 3.8) is 0 Å². The molecule has 0 bridgehead atoms. The molecule has 2 aliphatic rings. The second kappa shape index (κ2) is 9.57. The van der Waals surface area contributed by atoms with Gasteiger partial charge in [-0.1, -0.05) is 19.4 Å². The van der Waals surface area contributed by atoms with Crippen LogP contribution in [0.25, 0.3) is 0 Å². The zero-order chi connectivity index (χ0) is 20.9. The van der Waals surface area contributed by atoms with Crippen LogP contribution in [0.3, 0.4) is 0 Å². The molecule has 1 aromatic carbocycles. The van der Waals surface area contributed by atoms with Crippen LogP contribution in [0.1, 0.15) is 49.2 Å². The fourth-order valence-corrected chi connectivity index (χ4v) is 5.02. The highest BCUT2D eigenvalue weighted by atomic mass is 16.5. The third kappa shape index (κ3) is 4.20. The van der Waals surface area contributed by atoms with E-state index in [-0.39, 0.29) is 6.04 Å². The van der Waals surface area contributed by atoms with Crippen molar-refractivity contribution in [2.75, 3.05) is 46.9 Å². The van der Waals surface area contributed by atoms with E-state index in [9.17, 15) is 0 Å². The first-order valence-corrected chi connectivity index (χ1v) is 11.0. The Hall–Kier alpha value is -2.45. The van der Waals surface area contributed by atoms with Crippen molar-refractivity contribution in [2.45, 2.75) is 37.8 Å². The van der Waals surface area contributed by atoms with E-state index >= 15 is 0 Å². The molecular weight excluding hydrogens is 380 g/mol. The number of nitrogens with one attached hydrogen (secondary N) is 2. The number of hydrogen-bond acceptors (Lipinski definition) is 5. The van der Waals surface area contributed by atoms with E-state index in [1.165, 1.54) is 23.3 Å². The fraction of sp³-hybridized carbons (Fsp3) is 0.591. The average molecular weight is 415 g/mol. The molecule has 162 valence electrons. The van der Waals surface area contributed by atoms with E-state index in [2.05, 4.69) is 38.9 Å². The van der Waals surface area contributed by atoms with Gasteiger partial charge in [0.1, 0.15) is 26.2 Å². The number of methoxy groups -OCH3 is 2. The Balaban J connectivity index is 1.69. The molecule has 2 fully saturated rings. The first kappa shape index (κ1) is 20.8. The van der Waals surface area contributed by atoms with Crippen molar-refractivity contribution in [3.05, 3.63) is 42.2 Å². The quantitative estimate of drug-likeness (QED) is 0.589. The van der Waals surface area contributed by atoms with Gasteiger partial charge in [0, 0.05) is 5.56 Å². The minimum Gasteiger partial charge on any atom is -0.493 e. The molecule has 1 saturated carbocycles. The molecule has 2 aromatic rings. The number of quaternary nitrogens is 2.